The minimum Gasteiger partial charge on any atom is -0.394 e. The molecular formula is C16H27NOS. The van der Waals surface area contributed by atoms with Crippen LogP contribution in [0.1, 0.15) is 37.3 Å². The van der Waals surface area contributed by atoms with Crippen LogP contribution in [0.25, 0.3) is 0 Å². The third kappa shape index (κ3) is 5.98. The second-order valence-electron chi connectivity index (χ2n) is 5.40. The first-order chi connectivity index (χ1) is 9.11. The van der Waals surface area contributed by atoms with Crippen LogP contribution >= 0.6 is 11.8 Å². The smallest absolute Gasteiger partial charge is 0.0610 e. The maximum atomic E-state index is 9.30. The van der Waals surface area contributed by atoms with Crippen molar-refractivity contribution < 1.29 is 5.11 Å². The molecule has 108 valence electrons. The number of likely N-dealkylation sites (N-methyl/N-ethyl adjacent to an activating group) is 1. The molecule has 1 aromatic carbocycles. The average Bonchev–Trinajstić information content (AvgIpc) is 2.44. The van der Waals surface area contributed by atoms with Gasteiger partial charge in [0.2, 0.25) is 0 Å². The Bertz CT molecular complexity index is 364. The molecule has 0 heterocycles. The molecule has 0 radical (unpaired) electrons. The number of nitrogens with one attached hydrogen (secondary N) is 1. The molecule has 0 saturated heterocycles. The molecule has 1 rings (SSSR count). The van der Waals surface area contributed by atoms with E-state index in [1.165, 1.54) is 29.7 Å². The van der Waals surface area contributed by atoms with Crippen LogP contribution < -0.4 is 5.32 Å². The van der Waals surface area contributed by atoms with Gasteiger partial charge in [-0.1, -0.05) is 30.7 Å². The van der Waals surface area contributed by atoms with Gasteiger partial charge in [0.05, 0.1) is 6.61 Å². The summed E-state index contributed by atoms with van der Waals surface area (Å²) in [4.78, 5) is 0. The summed E-state index contributed by atoms with van der Waals surface area (Å²) in [6.45, 7) is 4.46. The summed E-state index contributed by atoms with van der Waals surface area (Å²) in [5.74, 6) is 2.30. The van der Waals surface area contributed by atoms with Crippen molar-refractivity contribution in [2.24, 2.45) is 0 Å². The normalized spacial score (nSPS) is 14.3. The number of benzene rings is 1. The number of hydrogen-bond acceptors (Lipinski definition) is 3. The number of aliphatic hydroxyl groups excluding tert-OH is 1. The highest BCUT2D eigenvalue weighted by molar-refractivity contribution is 7.98. The van der Waals surface area contributed by atoms with Crippen molar-refractivity contribution in [1.82, 2.24) is 5.32 Å². The van der Waals surface area contributed by atoms with E-state index in [1.807, 2.05) is 18.8 Å². The fourth-order valence-corrected chi connectivity index (χ4v) is 3.05. The number of aryl methyl sites for hydroxylation is 1. The first kappa shape index (κ1) is 16.5. The van der Waals surface area contributed by atoms with E-state index < -0.39 is 0 Å². The highest BCUT2D eigenvalue weighted by Gasteiger charge is 2.19. The molecule has 1 atom stereocenters. The summed E-state index contributed by atoms with van der Waals surface area (Å²) in [6.07, 6.45) is 3.41. The Morgan fingerprint density at radius 2 is 2.00 bits per heavy atom. The van der Waals surface area contributed by atoms with Crippen LogP contribution in [0.15, 0.2) is 24.3 Å². The highest BCUT2D eigenvalue weighted by Crippen LogP contribution is 2.19. The highest BCUT2D eigenvalue weighted by atomic mass is 32.2. The van der Waals surface area contributed by atoms with Crippen molar-refractivity contribution in [2.45, 2.75) is 44.4 Å². The van der Waals surface area contributed by atoms with Crippen LogP contribution in [0.5, 0.6) is 0 Å². The second-order valence-corrected chi connectivity index (χ2v) is 6.51. The Morgan fingerprint density at radius 1 is 1.26 bits per heavy atom. The monoisotopic (exact) mass is 281 g/mol. The zero-order valence-corrected chi connectivity index (χ0v) is 13.2. The van der Waals surface area contributed by atoms with Gasteiger partial charge in [-0.3, -0.25) is 0 Å². The van der Waals surface area contributed by atoms with E-state index in [4.69, 9.17) is 0 Å². The molecule has 2 nitrogen and oxygen atoms in total. The number of rotatable bonds is 9. The van der Waals surface area contributed by atoms with Crippen LogP contribution in [-0.4, -0.2) is 30.1 Å². The van der Waals surface area contributed by atoms with E-state index in [0.29, 0.717) is 0 Å². The van der Waals surface area contributed by atoms with Gasteiger partial charge in [0.15, 0.2) is 0 Å². The van der Waals surface area contributed by atoms with Crippen molar-refractivity contribution >= 4 is 11.8 Å². The van der Waals surface area contributed by atoms with Crippen LogP contribution in [0.4, 0.5) is 0 Å². The van der Waals surface area contributed by atoms with Gasteiger partial charge in [0.1, 0.15) is 0 Å². The maximum Gasteiger partial charge on any atom is 0.0610 e. The van der Waals surface area contributed by atoms with Gasteiger partial charge in [-0.15, -0.1) is 0 Å². The number of thioether (sulfide) groups is 1. The summed E-state index contributed by atoms with van der Waals surface area (Å²) in [5.41, 5.74) is 2.72. The Kier molecular flexibility index (Phi) is 7.51. The second kappa shape index (κ2) is 8.62. The third-order valence-electron chi connectivity index (χ3n) is 3.74. The van der Waals surface area contributed by atoms with E-state index in [2.05, 4.69) is 43.4 Å². The molecule has 0 aliphatic carbocycles. The molecule has 19 heavy (non-hydrogen) atoms. The van der Waals surface area contributed by atoms with E-state index in [-0.39, 0.29) is 12.1 Å². The first-order valence-corrected chi connectivity index (χ1v) is 8.19. The Morgan fingerprint density at radius 3 is 2.63 bits per heavy atom. The first-order valence-electron chi connectivity index (χ1n) is 7.03. The molecule has 0 aromatic heterocycles. The molecule has 0 spiro atoms. The topological polar surface area (TPSA) is 32.3 Å². The number of hydrogen-bond donors (Lipinski definition) is 2. The zero-order valence-electron chi connectivity index (χ0n) is 12.4. The summed E-state index contributed by atoms with van der Waals surface area (Å²) < 4.78 is 0. The van der Waals surface area contributed by atoms with E-state index in [1.54, 1.807) is 0 Å². The van der Waals surface area contributed by atoms with E-state index >= 15 is 0 Å². The van der Waals surface area contributed by atoms with Gasteiger partial charge >= 0.3 is 0 Å². The Hall–Kier alpha value is -0.510. The predicted molar refractivity (Wildman–Crippen MR) is 85.7 cm³/mol. The summed E-state index contributed by atoms with van der Waals surface area (Å²) in [7, 11) is 1.92. The van der Waals surface area contributed by atoms with Crippen LogP contribution in [0, 0.1) is 6.92 Å². The third-order valence-corrected chi connectivity index (χ3v) is 4.83. The van der Waals surface area contributed by atoms with Crippen LogP contribution in [0.3, 0.4) is 0 Å². The average molecular weight is 281 g/mol. The van der Waals surface area contributed by atoms with Crippen molar-refractivity contribution in [2.75, 3.05) is 19.4 Å². The van der Waals surface area contributed by atoms with Gasteiger partial charge in [-0.05, 0) is 50.6 Å². The summed E-state index contributed by atoms with van der Waals surface area (Å²) in [5, 5.41) is 12.5. The molecule has 2 N–H and O–H groups in total. The molecule has 0 fully saturated rings. The fourth-order valence-electron chi connectivity index (χ4n) is 1.96. The maximum absolute atomic E-state index is 9.30. The molecule has 0 bridgehead atoms. The molecule has 0 aliphatic heterocycles. The van der Waals surface area contributed by atoms with Crippen molar-refractivity contribution in [3.8, 4) is 0 Å². The van der Waals surface area contributed by atoms with Crippen LogP contribution in [0.2, 0.25) is 0 Å². The molecule has 0 amide bonds. The molecular weight excluding hydrogens is 254 g/mol. The number of unbranched alkanes of at least 4 members (excludes halogenated alkanes) is 1. The Balaban J connectivity index is 2.14. The van der Waals surface area contributed by atoms with Crippen molar-refractivity contribution in [3.05, 3.63) is 35.4 Å². The quantitative estimate of drug-likeness (QED) is 0.681. The van der Waals surface area contributed by atoms with Gasteiger partial charge in [-0.25, -0.2) is 0 Å². The summed E-state index contributed by atoms with van der Waals surface area (Å²) in [6, 6.07) is 8.60. The molecule has 1 aromatic rings. The largest absolute Gasteiger partial charge is 0.394 e. The predicted octanol–water partition coefficient (Wildman–Crippen LogP) is 3.37. The molecule has 3 heteroatoms. The van der Waals surface area contributed by atoms with Crippen molar-refractivity contribution in [1.29, 1.82) is 0 Å². The lowest BCUT2D eigenvalue weighted by Crippen LogP contribution is -2.43. The zero-order chi connectivity index (χ0) is 14.1. The molecule has 0 saturated carbocycles. The van der Waals surface area contributed by atoms with Gasteiger partial charge < -0.3 is 10.4 Å². The van der Waals surface area contributed by atoms with E-state index in [9.17, 15) is 5.11 Å². The molecule has 0 aliphatic rings. The fraction of sp³-hybridized carbons (Fsp3) is 0.625. The molecule has 1 unspecified atom stereocenters. The van der Waals surface area contributed by atoms with E-state index in [0.717, 1.165) is 12.2 Å². The van der Waals surface area contributed by atoms with Crippen LogP contribution in [-0.2, 0) is 5.75 Å². The lowest BCUT2D eigenvalue weighted by atomic mass is 9.96. The minimum absolute atomic E-state index is 0.110. The SMILES string of the molecule is CNC(C)(CO)CCCCSCc1ccccc1C. The minimum atomic E-state index is -0.110. The van der Waals surface area contributed by atoms with Gasteiger partial charge in [-0.2, -0.15) is 11.8 Å². The lowest BCUT2D eigenvalue weighted by molar-refractivity contribution is 0.171. The Labute approximate surface area is 122 Å². The summed E-state index contributed by atoms with van der Waals surface area (Å²) >= 11 is 2.00. The number of aliphatic hydroxyl groups is 1. The van der Waals surface area contributed by atoms with Gasteiger partial charge in [0.25, 0.3) is 0 Å². The van der Waals surface area contributed by atoms with Crippen molar-refractivity contribution in [3.63, 3.8) is 0 Å². The standard InChI is InChI=1S/C16H27NOS/c1-14-8-4-5-9-15(14)12-19-11-7-6-10-16(2,13-18)17-3/h4-5,8-9,17-18H,6-7,10-13H2,1-3H3. The van der Waals surface area contributed by atoms with Gasteiger partial charge in [0, 0.05) is 11.3 Å². The lowest BCUT2D eigenvalue weighted by Gasteiger charge is -2.26.